The largest absolute Gasteiger partial charge is 0.469 e. The molecule has 4 nitrogen and oxygen atoms in total. The highest BCUT2D eigenvalue weighted by Crippen LogP contribution is 2.34. The second-order valence-corrected chi connectivity index (χ2v) is 5.03. The Morgan fingerprint density at radius 3 is 2.54 bits per heavy atom. The Hall–Kier alpha value is -2.54. The molecule has 2 N–H and O–H groups in total. The molecule has 128 valence electrons. The van der Waals surface area contributed by atoms with Crippen LogP contribution >= 0.6 is 0 Å². The highest BCUT2D eigenvalue weighted by molar-refractivity contribution is 5.72. The van der Waals surface area contributed by atoms with E-state index >= 15 is 0 Å². The number of halogens is 3. The number of carbonyl (C=O) groups is 1. The lowest BCUT2D eigenvalue weighted by atomic mass is 10.1. The van der Waals surface area contributed by atoms with Crippen LogP contribution in [-0.4, -0.2) is 13.1 Å². The van der Waals surface area contributed by atoms with Gasteiger partial charge in [0.15, 0.2) is 0 Å². The Morgan fingerprint density at radius 2 is 1.92 bits per heavy atom. The fraction of sp³-hybridized carbons (Fsp3) is 0.235. The zero-order valence-corrected chi connectivity index (χ0v) is 12.9. The van der Waals surface area contributed by atoms with Gasteiger partial charge in [-0.25, -0.2) is 0 Å². The smallest absolute Gasteiger partial charge is 0.416 e. The molecular formula is C17H16F3NO3. The van der Waals surface area contributed by atoms with E-state index in [-0.39, 0.29) is 24.3 Å². The van der Waals surface area contributed by atoms with Crippen molar-refractivity contribution in [2.24, 2.45) is 5.73 Å². The number of hydrogen-bond donors (Lipinski definition) is 1. The highest BCUT2D eigenvalue weighted by atomic mass is 19.4. The first-order valence-corrected chi connectivity index (χ1v) is 7.07. The molecule has 0 fully saturated rings. The van der Waals surface area contributed by atoms with Crippen molar-refractivity contribution in [1.29, 1.82) is 0 Å². The number of ether oxygens (including phenoxy) is 2. The Labute approximate surface area is 137 Å². The zero-order valence-electron chi connectivity index (χ0n) is 12.9. The molecule has 0 aliphatic carbocycles. The predicted molar refractivity (Wildman–Crippen MR) is 81.6 cm³/mol. The molecular weight excluding hydrogens is 323 g/mol. The molecule has 0 aromatic heterocycles. The van der Waals surface area contributed by atoms with Crippen molar-refractivity contribution in [3.8, 4) is 11.5 Å². The van der Waals surface area contributed by atoms with Gasteiger partial charge in [0, 0.05) is 12.1 Å². The summed E-state index contributed by atoms with van der Waals surface area (Å²) in [6, 6.07) is 9.80. The maximum absolute atomic E-state index is 12.7. The minimum atomic E-state index is -4.44. The van der Waals surface area contributed by atoms with E-state index in [9.17, 15) is 18.0 Å². The normalized spacial score (nSPS) is 11.2. The standard InChI is InChI=1S/C17H16F3NO3/c1-23-16(22)8-11-3-2-4-14(7-11)24-15-6-5-13(17(18,19)20)9-12(15)10-21/h2-7,9H,8,10,21H2,1H3. The Balaban J connectivity index is 2.25. The summed E-state index contributed by atoms with van der Waals surface area (Å²) in [7, 11) is 1.29. The summed E-state index contributed by atoms with van der Waals surface area (Å²) in [5.74, 6) is 0.232. The molecule has 0 aliphatic heterocycles. The summed E-state index contributed by atoms with van der Waals surface area (Å²) in [5, 5.41) is 0. The van der Waals surface area contributed by atoms with Crippen LogP contribution in [0.25, 0.3) is 0 Å². The average Bonchev–Trinajstić information content (AvgIpc) is 2.54. The lowest BCUT2D eigenvalue weighted by Crippen LogP contribution is -2.08. The first-order valence-electron chi connectivity index (χ1n) is 7.07. The number of alkyl halides is 3. The highest BCUT2D eigenvalue weighted by Gasteiger charge is 2.31. The molecule has 0 aliphatic rings. The van der Waals surface area contributed by atoms with Gasteiger partial charge in [0.25, 0.3) is 0 Å². The van der Waals surface area contributed by atoms with Crippen molar-refractivity contribution in [1.82, 2.24) is 0 Å². The molecule has 7 heteroatoms. The van der Waals surface area contributed by atoms with Gasteiger partial charge in [0.05, 0.1) is 19.1 Å². The minimum absolute atomic E-state index is 0.0739. The maximum Gasteiger partial charge on any atom is 0.416 e. The van der Waals surface area contributed by atoms with Crippen LogP contribution in [0.1, 0.15) is 16.7 Å². The second kappa shape index (κ2) is 7.35. The number of methoxy groups -OCH3 is 1. The van der Waals surface area contributed by atoms with Gasteiger partial charge in [-0.05, 0) is 35.9 Å². The molecule has 0 atom stereocenters. The second-order valence-electron chi connectivity index (χ2n) is 5.03. The number of esters is 1. The summed E-state index contributed by atoms with van der Waals surface area (Å²) < 4.78 is 48.5. The molecule has 0 saturated heterocycles. The van der Waals surface area contributed by atoms with Crippen LogP contribution in [0.2, 0.25) is 0 Å². The number of carbonyl (C=O) groups excluding carboxylic acids is 1. The topological polar surface area (TPSA) is 61.5 Å². The fourth-order valence-corrected chi connectivity index (χ4v) is 2.10. The van der Waals surface area contributed by atoms with E-state index in [4.69, 9.17) is 10.5 Å². The third kappa shape index (κ3) is 4.48. The fourth-order valence-electron chi connectivity index (χ4n) is 2.10. The first-order chi connectivity index (χ1) is 11.3. The van der Waals surface area contributed by atoms with E-state index < -0.39 is 17.7 Å². The van der Waals surface area contributed by atoms with E-state index in [0.29, 0.717) is 11.3 Å². The van der Waals surface area contributed by atoms with Crippen molar-refractivity contribution >= 4 is 5.97 Å². The van der Waals surface area contributed by atoms with Crippen molar-refractivity contribution in [2.75, 3.05) is 7.11 Å². The summed E-state index contributed by atoms with van der Waals surface area (Å²) in [6.45, 7) is -0.0961. The summed E-state index contributed by atoms with van der Waals surface area (Å²) >= 11 is 0. The van der Waals surface area contributed by atoms with Gasteiger partial charge in [-0.15, -0.1) is 0 Å². The van der Waals surface area contributed by atoms with E-state index in [2.05, 4.69) is 4.74 Å². The molecule has 2 aromatic rings. The van der Waals surface area contributed by atoms with Crippen LogP contribution in [0.15, 0.2) is 42.5 Å². The average molecular weight is 339 g/mol. The van der Waals surface area contributed by atoms with Gasteiger partial charge >= 0.3 is 12.1 Å². The van der Waals surface area contributed by atoms with Crippen LogP contribution in [0.3, 0.4) is 0 Å². The molecule has 0 saturated carbocycles. The Bertz CT molecular complexity index is 729. The molecule has 0 amide bonds. The Kier molecular flexibility index (Phi) is 5.46. The van der Waals surface area contributed by atoms with Crippen LogP contribution < -0.4 is 10.5 Å². The molecule has 0 spiro atoms. The van der Waals surface area contributed by atoms with E-state index in [1.807, 2.05) is 0 Å². The zero-order chi connectivity index (χ0) is 17.7. The van der Waals surface area contributed by atoms with Gasteiger partial charge < -0.3 is 15.2 Å². The lowest BCUT2D eigenvalue weighted by molar-refractivity contribution is -0.140. The van der Waals surface area contributed by atoms with Gasteiger partial charge in [-0.1, -0.05) is 12.1 Å². The number of rotatable bonds is 5. The Morgan fingerprint density at radius 1 is 1.17 bits per heavy atom. The molecule has 2 rings (SSSR count). The SMILES string of the molecule is COC(=O)Cc1cccc(Oc2ccc(C(F)(F)F)cc2CN)c1. The predicted octanol–water partition coefficient (Wildman–Crippen LogP) is 3.67. The number of hydrogen-bond acceptors (Lipinski definition) is 4. The van der Waals surface area contributed by atoms with Crippen LogP contribution in [0, 0.1) is 0 Å². The van der Waals surface area contributed by atoms with E-state index in [1.165, 1.54) is 13.2 Å². The molecule has 0 bridgehead atoms. The number of benzene rings is 2. The molecule has 24 heavy (non-hydrogen) atoms. The van der Waals surface area contributed by atoms with E-state index in [1.54, 1.807) is 24.3 Å². The van der Waals surface area contributed by atoms with Crippen LogP contribution in [0.4, 0.5) is 13.2 Å². The summed E-state index contributed by atoms with van der Waals surface area (Å²) in [6.07, 6.45) is -4.37. The third-order valence-electron chi connectivity index (χ3n) is 3.31. The third-order valence-corrected chi connectivity index (χ3v) is 3.31. The lowest BCUT2D eigenvalue weighted by Gasteiger charge is -2.14. The van der Waals surface area contributed by atoms with Crippen LogP contribution in [0.5, 0.6) is 11.5 Å². The van der Waals surface area contributed by atoms with E-state index in [0.717, 1.165) is 12.1 Å². The minimum Gasteiger partial charge on any atom is -0.469 e. The molecule has 0 unspecified atom stereocenters. The van der Waals surface area contributed by atoms with Crippen molar-refractivity contribution in [3.05, 3.63) is 59.2 Å². The van der Waals surface area contributed by atoms with Gasteiger partial charge in [-0.3, -0.25) is 4.79 Å². The number of nitrogens with two attached hydrogens (primary N) is 1. The maximum atomic E-state index is 12.7. The monoisotopic (exact) mass is 339 g/mol. The van der Waals surface area contributed by atoms with Gasteiger partial charge in [0.2, 0.25) is 0 Å². The molecule has 0 radical (unpaired) electrons. The van der Waals surface area contributed by atoms with Crippen molar-refractivity contribution in [3.63, 3.8) is 0 Å². The summed E-state index contributed by atoms with van der Waals surface area (Å²) in [5.41, 5.74) is 5.65. The molecule has 0 heterocycles. The first kappa shape index (κ1) is 17.8. The van der Waals surface area contributed by atoms with Gasteiger partial charge in [0.1, 0.15) is 11.5 Å². The quantitative estimate of drug-likeness (QED) is 0.844. The summed E-state index contributed by atoms with van der Waals surface area (Å²) in [4.78, 5) is 11.3. The molecule has 2 aromatic carbocycles. The van der Waals surface area contributed by atoms with Crippen molar-refractivity contribution < 1.29 is 27.4 Å². The van der Waals surface area contributed by atoms with Crippen molar-refractivity contribution in [2.45, 2.75) is 19.1 Å². The van der Waals surface area contributed by atoms with Crippen LogP contribution in [-0.2, 0) is 28.7 Å². The van der Waals surface area contributed by atoms with Gasteiger partial charge in [-0.2, -0.15) is 13.2 Å².